The van der Waals surface area contributed by atoms with E-state index in [1.807, 2.05) is 33.5 Å². The number of carbonyl (C=O) groups excluding carboxylic acids is 2. The molecule has 0 bridgehead atoms. The van der Waals surface area contributed by atoms with E-state index in [4.69, 9.17) is 0 Å². The molecule has 2 heterocycles. The van der Waals surface area contributed by atoms with Gasteiger partial charge in [-0.1, -0.05) is 24.5 Å². The zero-order valence-corrected chi connectivity index (χ0v) is 16.3. The van der Waals surface area contributed by atoms with Gasteiger partial charge in [0.1, 0.15) is 0 Å². The molecule has 0 atom stereocenters. The second-order valence-electron chi connectivity index (χ2n) is 6.19. The van der Waals surface area contributed by atoms with Gasteiger partial charge in [0.15, 0.2) is 5.13 Å². The summed E-state index contributed by atoms with van der Waals surface area (Å²) in [6.45, 7) is 5.83. The summed E-state index contributed by atoms with van der Waals surface area (Å²) in [7, 11) is 1.83. The molecule has 0 saturated heterocycles. The minimum Gasteiger partial charge on any atom is -0.402 e. The number of hydrogen-bond acceptors (Lipinski definition) is 4. The molecule has 2 aromatic heterocycles. The molecule has 0 fully saturated rings. The predicted molar refractivity (Wildman–Crippen MR) is 109 cm³/mol. The third-order valence-corrected chi connectivity index (χ3v) is 4.86. The highest BCUT2D eigenvalue weighted by Gasteiger charge is 2.12. The monoisotopic (exact) mass is 379 g/mol. The summed E-state index contributed by atoms with van der Waals surface area (Å²) in [5, 5.41) is 7.77. The maximum Gasteiger partial charge on any atom is 0.253 e. The summed E-state index contributed by atoms with van der Waals surface area (Å²) in [5.74, 6) is -0.604. The van der Waals surface area contributed by atoms with Crippen molar-refractivity contribution in [1.82, 2.24) is 14.8 Å². The van der Waals surface area contributed by atoms with Crippen LogP contribution in [0.25, 0.3) is 11.3 Å². The van der Waals surface area contributed by atoms with Gasteiger partial charge in [-0.05, 0) is 37.7 Å². The first-order chi connectivity index (χ1) is 13.0. The molecule has 3 rings (SSSR count). The second kappa shape index (κ2) is 8.22. The number of nitrogens with zero attached hydrogens (tertiary/aromatic N) is 2. The Kier molecular flexibility index (Phi) is 5.76. The highest BCUT2D eigenvalue weighted by molar-refractivity contribution is 7.14. The molecule has 1 aromatic carbocycles. The molecular formula is C19H20BN4O2S. The van der Waals surface area contributed by atoms with E-state index >= 15 is 0 Å². The van der Waals surface area contributed by atoms with Crippen molar-refractivity contribution in [3.05, 3.63) is 58.7 Å². The van der Waals surface area contributed by atoms with Crippen molar-refractivity contribution in [3.8, 4) is 11.3 Å². The Bertz CT molecular complexity index is 980. The fourth-order valence-corrected chi connectivity index (χ4v) is 3.33. The van der Waals surface area contributed by atoms with Crippen molar-refractivity contribution in [2.45, 2.75) is 20.7 Å². The minimum absolute atomic E-state index is 0.113. The Hall–Kier alpha value is -2.87. The Labute approximate surface area is 162 Å². The van der Waals surface area contributed by atoms with Crippen molar-refractivity contribution in [2.75, 3.05) is 11.9 Å². The van der Waals surface area contributed by atoms with Gasteiger partial charge in [0.2, 0.25) is 13.3 Å². The number of rotatable bonds is 6. The van der Waals surface area contributed by atoms with Crippen LogP contribution in [0, 0.1) is 13.8 Å². The van der Waals surface area contributed by atoms with Crippen LogP contribution in [-0.4, -0.2) is 35.2 Å². The van der Waals surface area contributed by atoms with Gasteiger partial charge in [0, 0.05) is 17.1 Å². The lowest BCUT2D eigenvalue weighted by Gasteiger charge is -2.05. The molecule has 2 amide bonds. The van der Waals surface area contributed by atoms with E-state index in [1.54, 1.807) is 22.9 Å². The van der Waals surface area contributed by atoms with Crippen molar-refractivity contribution in [3.63, 3.8) is 0 Å². The second-order valence-corrected chi connectivity index (χ2v) is 7.05. The smallest absolute Gasteiger partial charge is 0.253 e. The number of aromatic nitrogens is 2. The molecule has 8 heteroatoms. The zero-order valence-electron chi connectivity index (χ0n) is 15.4. The number of thiazole rings is 1. The van der Waals surface area contributed by atoms with Gasteiger partial charge in [-0.25, -0.2) is 4.98 Å². The van der Waals surface area contributed by atoms with Gasteiger partial charge < -0.3 is 15.1 Å². The molecule has 1 radical (unpaired) electrons. The molecule has 0 unspecified atom stereocenters. The number of nitrogens with one attached hydrogen (secondary N) is 2. The van der Waals surface area contributed by atoms with Crippen LogP contribution >= 0.6 is 11.3 Å². The average molecular weight is 379 g/mol. The van der Waals surface area contributed by atoms with Crippen molar-refractivity contribution in [2.24, 2.45) is 0 Å². The average Bonchev–Trinajstić information content (AvgIpc) is 3.31. The number of aryl methyl sites for hydroxylation is 2. The molecule has 137 valence electrons. The SMILES string of the molecule is C[B]n1ccc(C(=O)NCC(=O)Nc2nc(-c3cc(C)ccc3C)cs2)c1. The van der Waals surface area contributed by atoms with Crippen LogP contribution in [0.2, 0.25) is 6.82 Å². The van der Waals surface area contributed by atoms with Crippen LogP contribution in [0.15, 0.2) is 42.0 Å². The minimum atomic E-state index is -0.313. The summed E-state index contributed by atoms with van der Waals surface area (Å²) < 4.78 is 1.78. The Balaban J connectivity index is 1.58. The van der Waals surface area contributed by atoms with E-state index in [0.29, 0.717) is 10.7 Å². The van der Waals surface area contributed by atoms with Gasteiger partial charge in [0.05, 0.1) is 17.8 Å². The molecule has 27 heavy (non-hydrogen) atoms. The lowest BCUT2D eigenvalue weighted by atomic mass is 10.0. The van der Waals surface area contributed by atoms with Gasteiger partial charge in [-0.2, -0.15) is 0 Å². The highest BCUT2D eigenvalue weighted by atomic mass is 32.1. The predicted octanol–water partition coefficient (Wildman–Crippen LogP) is 3.11. The summed E-state index contributed by atoms with van der Waals surface area (Å²) in [6.07, 6.45) is 3.48. The number of amides is 2. The van der Waals surface area contributed by atoms with Crippen LogP contribution in [0.4, 0.5) is 5.13 Å². The highest BCUT2D eigenvalue weighted by Crippen LogP contribution is 2.28. The molecule has 3 aromatic rings. The van der Waals surface area contributed by atoms with Gasteiger partial charge in [-0.3, -0.25) is 9.59 Å². The lowest BCUT2D eigenvalue weighted by Crippen LogP contribution is -2.32. The summed E-state index contributed by atoms with van der Waals surface area (Å²) in [6, 6.07) is 7.89. The molecule has 0 spiro atoms. The molecule has 0 saturated carbocycles. The van der Waals surface area contributed by atoms with Crippen LogP contribution in [0.3, 0.4) is 0 Å². The lowest BCUT2D eigenvalue weighted by molar-refractivity contribution is -0.115. The van der Waals surface area contributed by atoms with E-state index in [2.05, 4.69) is 33.8 Å². The summed E-state index contributed by atoms with van der Waals surface area (Å²) >= 11 is 1.36. The zero-order chi connectivity index (χ0) is 19.4. The normalized spacial score (nSPS) is 10.5. The first-order valence-corrected chi connectivity index (χ1v) is 9.42. The molecule has 2 N–H and O–H groups in total. The molecule has 0 aliphatic heterocycles. The standard InChI is InChI=1S/C19H20BN4O2S/c1-12-4-5-13(2)15(8-12)16-11-27-19(22-16)23-17(25)9-21-18(26)14-6-7-24(10-14)20-3/h4-8,10-11H,9H2,1-3H3,(H,21,26)(H,22,23,25). The van der Waals surface area contributed by atoms with Crippen molar-refractivity contribution in [1.29, 1.82) is 0 Å². The van der Waals surface area contributed by atoms with Gasteiger partial charge >= 0.3 is 0 Å². The Morgan fingerprint density at radius 3 is 2.81 bits per heavy atom. The van der Waals surface area contributed by atoms with Crippen LogP contribution in [0.5, 0.6) is 0 Å². The largest absolute Gasteiger partial charge is 0.402 e. The summed E-state index contributed by atoms with van der Waals surface area (Å²) in [5.41, 5.74) is 4.68. The molecule has 6 nitrogen and oxygen atoms in total. The number of hydrogen-bond donors (Lipinski definition) is 2. The van der Waals surface area contributed by atoms with E-state index in [-0.39, 0.29) is 18.4 Å². The van der Waals surface area contributed by atoms with Crippen LogP contribution in [0.1, 0.15) is 21.5 Å². The molecular weight excluding hydrogens is 359 g/mol. The third kappa shape index (κ3) is 4.65. The van der Waals surface area contributed by atoms with Gasteiger partial charge in [-0.15, -0.1) is 11.3 Å². The third-order valence-electron chi connectivity index (χ3n) is 4.10. The quantitative estimate of drug-likeness (QED) is 0.647. The fraction of sp³-hybridized carbons (Fsp3) is 0.211. The topological polar surface area (TPSA) is 76.0 Å². The maximum atomic E-state index is 12.1. The van der Waals surface area contributed by atoms with Gasteiger partial charge in [0.25, 0.3) is 5.91 Å². The van der Waals surface area contributed by atoms with Crippen molar-refractivity contribution < 1.29 is 9.59 Å². The number of benzene rings is 1. The van der Waals surface area contributed by atoms with Crippen LogP contribution in [-0.2, 0) is 4.79 Å². The first-order valence-electron chi connectivity index (χ1n) is 8.54. The molecule has 0 aliphatic carbocycles. The van der Waals surface area contributed by atoms with Crippen LogP contribution < -0.4 is 10.6 Å². The van der Waals surface area contributed by atoms with Crippen molar-refractivity contribution >= 4 is 35.7 Å². The number of anilines is 1. The summed E-state index contributed by atoms with van der Waals surface area (Å²) in [4.78, 5) is 28.7. The van der Waals surface area contributed by atoms with E-state index in [1.165, 1.54) is 11.3 Å². The van der Waals surface area contributed by atoms with E-state index in [0.717, 1.165) is 22.4 Å². The maximum absolute atomic E-state index is 12.1. The van der Waals surface area contributed by atoms with E-state index in [9.17, 15) is 9.59 Å². The van der Waals surface area contributed by atoms with E-state index < -0.39 is 0 Å². The Morgan fingerprint density at radius 1 is 1.26 bits per heavy atom. The first kappa shape index (κ1) is 18.9. The molecule has 0 aliphatic rings. The number of carbonyl (C=O) groups is 2. The fourth-order valence-electron chi connectivity index (χ4n) is 2.60. The Morgan fingerprint density at radius 2 is 2.07 bits per heavy atom.